The van der Waals surface area contributed by atoms with Crippen molar-refractivity contribution in [3.8, 4) is 0 Å². The number of benzene rings is 2. The second kappa shape index (κ2) is 9.56. The molecule has 4 aromatic rings. The van der Waals surface area contributed by atoms with Gasteiger partial charge in [0.2, 0.25) is 10.0 Å². The van der Waals surface area contributed by atoms with E-state index in [9.17, 15) is 13.5 Å². The predicted molar refractivity (Wildman–Crippen MR) is 127 cm³/mol. The molecule has 3 N–H and O–H groups in total. The molecule has 0 saturated carbocycles. The second-order valence-corrected chi connectivity index (χ2v) is 9.67. The van der Waals surface area contributed by atoms with E-state index in [-0.39, 0.29) is 29.9 Å². The van der Waals surface area contributed by atoms with Crippen LogP contribution in [0.5, 0.6) is 0 Å². The summed E-state index contributed by atoms with van der Waals surface area (Å²) in [6, 6.07) is 13.9. The molecule has 170 valence electrons. The number of hydrogen-bond donors (Lipinski definition) is 3. The summed E-state index contributed by atoms with van der Waals surface area (Å²) < 4.78 is 33.7. The van der Waals surface area contributed by atoms with Crippen LogP contribution in [0, 0.1) is 0 Å². The zero-order chi connectivity index (χ0) is 22.1. The number of halogens is 1. The minimum atomic E-state index is -3.68. The third-order valence-corrected chi connectivity index (χ3v) is 6.85. The van der Waals surface area contributed by atoms with E-state index >= 15 is 0 Å². The Kier molecular flexibility index (Phi) is 7.22. The average Bonchev–Trinajstić information content (AvgIpc) is 3.18. The van der Waals surface area contributed by atoms with Crippen molar-refractivity contribution in [2.24, 2.45) is 0 Å². The lowest BCUT2D eigenvalue weighted by atomic mass is 9.95. The molecular formula is C23H26ClN3O4S. The van der Waals surface area contributed by atoms with Crippen molar-refractivity contribution in [1.29, 1.82) is 0 Å². The third kappa shape index (κ3) is 5.11. The van der Waals surface area contributed by atoms with Crippen molar-refractivity contribution in [2.75, 3.05) is 13.1 Å². The number of rotatable bonds is 8. The number of aliphatic hydroxyl groups is 1. The first-order valence-electron chi connectivity index (χ1n) is 10.0. The van der Waals surface area contributed by atoms with Gasteiger partial charge >= 0.3 is 0 Å². The van der Waals surface area contributed by atoms with Gasteiger partial charge in [-0.3, -0.25) is 4.98 Å². The Labute approximate surface area is 193 Å². The van der Waals surface area contributed by atoms with Gasteiger partial charge in [0.15, 0.2) is 0 Å². The summed E-state index contributed by atoms with van der Waals surface area (Å²) in [7, 11) is -3.68. The molecule has 0 amide bonds. The highest BCUT2D eigenvalue weighted by Gasteiger charge is 2.27. The SMILES string of the molecule is C[C@H](CNCC(C)(O)c1coc2ccccc12)NS(=O)(=O)c1ccc2cnccc2c1.Cl. The molecule has 0 aliphatic heterocycles. The Bertz CT molecular complexity index is 1320. The lowest BCUT2D eigenvalue weighted by Crippen LogP contribution is -2.43. The highest BCUT2D eigenvalue weighted by molar-refractivity contribution is 7.89. The first kappa shape index (κ1) is 24.2. The van der Waals surface area contributed by atoms with Crippen LogP contribution in [0.4, 0.5) is 0 Å². The van der Waals surface area contributed by atoms with Crippen LogP contribution in [0.1, 0.15) is 19.4 Å². The number of hydrogen-bond acceptors (Lipinski definition) is 6. The molecule has 0 saturated heterocycles. The minimum Gasteiger partial charge on any atom is -0.464 e. The molecule has 32 heavy (non-hydrogen) atoms. The van der Waals surface area contributed by atoms with Crippen LogP contribution in [-0.2, 0) is 15.6 Å². The fourth-order valence-corrected chi connectivity index (χ4v) is 4.90. The van der Waals surface area contributed by atoms with Crippen LogP contribution in [0.25, 0.3) is 21.7 Å². The number of nitrogens with one attached hydrogen (secondary N) is 2. The molecular weight excluding hydrogens is 450 g/mol. The number of sulfonamides is 1. The van der Waals surface area contributed by atoms with Gasteiger partial charge in [-0.05, 0) is 43.5 Å². The van der Waals surface area contributed by atoms with E-state index in [1.54, 1.807) is 56.8 Å². The average molecular weight is 476 g/mol. The Morgan fingerprint density at radius 1 is 1.16 bits per heavy atom. The van der Waals surface area contributed by atoms with Gasteiger partial charge in [-0.25, -0.2) is 13.1 Å². The maximum Gasteiger partial charge on any atom is 0.240 e. The van der Waals surface area contributed by atoms with Crippen molar-refractivity contribution in [2.45, 2.75) is 30.4 Å². The van der Waals surface area contributed by atoms with Crippen LogP contribution in [0.15, 0.2) is 76.5 Å². The maximum absolute atomic E-state index is 12.8. The van der Waals surface area contributed by atoms with E-state index in [0.29, 0.717) is 17.7 Å². The van der Waals surface area contributed by atoms with Crippen molar-refractivity contribution < 1.29 is 17.9 Å². The van der Waals surface area contributed by atoms with Gasteiger partial charge in [0, 0.05) is 47.9 Å². The topological polar surface area (TPSA) is 104 Å². The number of fused-ring (bicyclic) bond motifs is 2. The Hall–Kier alpha value is -2.49. The van der Waals surface area contributed by atoms with Crippen molar-refractivity contribution in [3.63, 3.8) is 0 Å². The van der Waals surface area contributed by atoms with Gasteiger partial charge in [-0.1, -0.05) is 24.3 Å². The van der Waals surface area contributed by atoms with Crippen molar-refractivity contribution in [3.05, 3.63) is 72.8 Å². The van der Waals surface area contributed by atoms with E-state index in [0.717, 1.165) is 16.2 Å². The van der Waals surface area contributed by atoms with Gasteiger partial charge < -0.3 is 14.8 Å². The zero-order valence-electron chi connectivity index (χ0n) is 17.8. The van der Waals surface area contributed by atoms with Crippen LogP contribution < -0.4 is 10.0 Å². The molecule has 9 heteroatoms. The Morgan fingerprint density at radius 3 is 2.75 bits per heavy atom. The van der Waals surface area contributed by atoms with Gasteiger partial charge in [-0.2, -0.15) is 0 Å². The largest absolute Gasteiger partial charge is 0.464 e. The standard InChI is InChI=1S/C23H25N3O4S.ClH/c1-16(26-31(28,29)19-8-7-18-13-24-10-9-17(18)11-19)12-25-15-23(2,27)21-14-30-22-6-4-3-5-20(21)22;/h3-11,13-14,16,25-27H,12,15H2,1-2H3;1H/t16-,23?;/m1./s1. The van der Waals surface area contributed by atoms with Crippen LogP contribution in [0.2, 0.25) is 0 Å². The Balaban J connectivity index is 0.00000289. The van der Waals surface area contributed by atoms with E-state index < -0.39 is 15.6 Å². The zero-order valence-corrected chi connectivity index (χ0v) is 19.4. The molecule has 7 nitrogen and oxygen atoms in total. The molecule has 1 unspecified atom stereocenters. The summed E-state index contributed by atoms with van der Waals surface area (Å²) in [6.07, 6.45) is 4.89. The number of aromatic nitrogens is 1. The first-order chi connectivity index (χ1) is 14.8. The molecule has 2 heterocycles. The molecule has 0 aliphatic carbocycles. The molecule has 0 aliphatic rings. The van der Waals surface area contributed by atoms with Gasteiger partial charge in [0.1, 0.15) is 11.2 Å². The number of nitrogens with zero attached hydrogens (tertiary/aromatic N) is 1. The highest BCUT2D eigenvalue weighted by Crippen LogP contribution is 2.30. The summed E-state index contributed by atoms with van der Waals surface area (Å²) >= 11 is 0. The van der Waals surface area contributed by atoms with Crippen molar-refractivity contribution >= 4 is 44.2 Å². The summed E-state index contributed by atoms with van der Waals surface area (Å²) in [4.78, 5) is 4.25. The third-order valence-electron chi connectivity index (χ3n) is 5.26. The van der Waals surface area contributed by atoms with Crippen LogP contribution in [0.3, 0.4) is 0 Å². The molecule has 0 fully saturated rings. The molecule has 0 spiro atoms. The van der Waals surface area contributed by atoms with Crippen LogP contribution in [-0.4, -0.2) is 37.6 Å². The van der Waals surface area contributed by atoms with E-state index in [2.05, 4.69) is 15.0 Å². The number of furan rings is 1. The quantitative estimate of drug-likeness (QED) is 0.360. The molecule has 2 atom stereocenters. The van der Waals surface area contributed by atoms with E-state index in [4.69, 9.17) is 4.42 Å². The fraction of sp³-hybridized carbons (Fsp3) is 0.261. The first-order valence-corrected chi connectivity index (χ1v) is 11.5. The molecule has 4 rings (SSSR count). The molecule has 0 radical (unpaired) electrons. The lowest BCUT2D eigenvalue weighted by Gasteiger charge is -2.24. The predicted octanol–water partition coefficient (Wildman–Crippen LogP) is 3.57. The molecule has 0 bridgehead atoms. The molecule has 2 aromatic carbocycles. The lowest BCUT2D eigenvalue weighted by molar-refractivity contribution is 0.0575. The van der Waals surface area contributed by atoms with Gasteiger partial charge in [0.05, 0.1) is 11.2 Å². The van der Waals surface area contributed by atoms with E-state index in [1.807, 2.05) is 24.3 Å². The smallest absolute Gasteiger partial charge is 0.240 e. The van der Waals surface area contributed by atoms with Gasteiger partial charge in [-0.15, -0.1) is 12.4 Å². The van der Waals surface area contributed by atoms with Gasteiger partial charge in [0.25, 0.3) is 0 Å². The van der Waals surface area contributed by atoms with Crippen LogP contribution >= 0.6 is 12.4 Å². The highest BCUT2D eigenvalue weighted by atomic mass is 35.5. The number of para-hydroxylation sites is 1. The fourth-order valence-electron chi connectivity index (χ4n) is 3.63. The Morgan fingerprint density at radius 2 is 1.94 bits per heavy atom. The van der Waals surface area contributed by atoms with E-state index in [1.165, 1.54) is 0 Å². The maximum atomic E-state index is 12.8. The minimum absolute atomic E-state index is 0. The second-order valence-electron chi connectivity index (χ2n) is 7.96. The normalized spacial score (nSPS) is 14.7. The summed E-state index contributed by atoms with van der Waals surface area (Å²) in [5, 5.41) is 16.6. The summed E-state index contributed by atoms with van der Waals surface area (Å²) in [5.74, 6) is 0. The number of pyridine rings is 1. The van der Waals surface area contributed by atoms with Crippen molar-refractivity contribution in [1.82, 2.24) is 15.0 Å². The monoisotopic (exact) mass is 475 g/mol. The summed E-state index contributed by atoms with van der Waals surface area (Å²) in [5.41, 5.74) is 0.233. The molecule has 2 aromatic heterocycles. The summed E-state index contributed by atoms with van der Waals surface area (Å²) in [6.45, 7) is 4.07.